The lowest BCUT2D eigenvalue weighted by atomic mass is 9.67. The van der Waals surface area contributed by atoms with Crippen LogP contribution < -0.4 is 16.0 Å². The maximum Gasteiger partial charge on any atom is 0.407 e. The van der Waals surface area contributed by atoms with E-state index in [1.165, 1.54) is 38.5 Å². The Kier molecular flexibility index (Phi) is 6.54. The van der Waals surface area contributed by atoms with Gasteiger partial charge in [0.1, 0.15) is 0 Å². The minimum Gasteiger partial charge on any atom is -0.450 e. The van der Waals surface area contributed by atoms with E-state index < -0.39 is 0 Å². The summed E-state index contributed by atoms with van der Waals surface area (Å²) in [6.45, 7) is 6.15. The molecule has 2 aliphatic carbocycles. The highest BCUT2D eigenvalue weighted by molar-refractivity contribution is 5.79. The third kappa shape index (κ3) is 5.29. The van der Waals surface area contributed by atoms with Gasteiger partial charge in [-0.05, 0) is 50.4 Å². The molecule has 2 fully saturated rings. The van der Waals surface area contributed by atoms with Gasteiger partial charge >= 0.3 is 6.09 Å². The quantitative estimate of drug-likeness (QED) is 0.473. The normalized spacial score (nSPS) is 21.1. The summed E-state index contributed by atoms with van der Waals surface area (Å²) >= 11 is 0. The van der Waals surface area contributed by atoms with Gasteiger partial charge in [-0.1, -0.05) is 13.3 Å². The van der Waals surface area contributed by atoms with Crippen LogP contribution in [0.15, 0.2) is 4.99 Å². The number of hydrogen-bond donors (Lipinski definition) is 3. The van der Waals surface area contributed by atoms with Crippen molar-refractivity contribution in [3.05, 3.63) is 0 Å². The van der Waals surface area contributed by atoms with E-state index in [-0.39, 0.29) is 12.1 Å². The number of carbonyl (C=O) groups is 1. The molecule has 6 heteroatoms. The van der Waals surface area contributed by atoms with Crippen LogP contribution in [0.5, 0.6) is 0 Å². The Morgan fingerprint density at radius 1 is 1.30 bits per heavy atom. The Balaban J connectivity index is 1.75. The Morgan fingerprint density at radius 2 is 2.04 bits per heavy atom. The van der Waals surface area contributed by atoms with Crippen LogP contribution in [0, 0.1) is 11.3 Å². The molecule has 132 valence electrons. The molecule has 0 heterocycles. The molecular formula is C17H32N4O2. The topological polar surface area (TPSA) is 74.8 Å². The van der Waals surface area contributed by atoms with Crippen molar-refractivity contribution in [2.45, 2.75) is 58.4 Å². The molecule has 3 N–H and O–H groups in total. The van der Waals surface area contributed by atoms with Crippen molar-refractivity contribution in [3.8, 4) is 0 Å². The predicted octanol–water partition coefficient (Wildman–Crippen LogP) is 2.26. The monoisotopic (exact) mass is 324 g/mol. The molecule has 1 amide bonds. The zero-order valence-corrected chi connectivity index (χ0v) is 14.8. The Hall–Kier alpha value is -1.46. The van der Waals surface area contributed by atoms with Crippen LogP contribution in [0.1, 0.15) is 52.4 Å². The van der Waals surface area contributed by atoms with Crippen LogP contribution in [0.3, 0.4) is 0 Å². The van der Waals surface area contributed by atoms with E-state index >= 15 is 0 Å². The van der Waals surface area contributed by atoms with E-state index in [9.17, 15) is 4.79 Å². The number of carbonyl (C=O) groups excluding carboxylic acids is 1. The van der Waals surface area contributed by atoms with Gasteiger partial charge in [0, 0.05) is 20.1 Å². The molecule has 0 aromatic rings. The van der Waals surface area contributed by atoms with Crippen LogP contribution in [0.4, 0.5) is 4.79 Å². The van der Waals surface area contributed by atoms with Crippen LogP contribution in [0.2, 0.25) is 0 Å². The average Bonchev–Trinajstić information content (AvgIpc) is 3.33. The van der Waals surface area contributed by atoms with Gasteiger partial charge in [-0.2, -0.15) is 0 Å². The van der Waals surface area contributed by atoms with E-state index in [1.54, 1.807) is 7.05 Å². The van der Waals surface area contributed by atoms with E-state index in [4.69, 9.17) is 4.74 Å². The Morgan fingerprint density at radius 3 is 2.52 bits per heavy atom. The van der Waals surface area contributed by atoms with Crippen molar-refractivity contribution in [2.75, 3.05) is 26.7 Å². The second-order valence-electron chi connectivity index (χ2n) is 6.82. The van der Waals surface area contributed by atoms with E-state index in [1.807, 2.05) is 6.92 Å². The largest absolute Gasteiger partial charge is 0.450 e. The summed E-state index contributed by atoms with van der Waals surface area (Å²) in [5, 5.41) is 9.76. The van der Waals surface area contributed by atoms with Crippen molar-refractivity contribution in [1.29, 1.82) is 0 Å². The maximum atomic E-state index is 11.6. The summed E-state index contributed by atoms with van der Waals surface area (Å²) < 4.78 is 4.99. The summed E-state index contributed by atoms with van der Waals surface area (Å²) in [6, 6.07) is 0.108. The standard InChI is InChI=1S/C17H32N4O2/c1-4-17(9-6-10-17)12-20-15(18-3)19-11-14(13-7-8-13)21-16(22)23-5-2/h13-14H,4-12H2,1-3H3,(H,21,22)(H2,18,19,20). The van der Waals surface area contributed by atoms with Gasteiger partial charge in [-0.15, -0.1) is 0 Å². The van der Waals surface area contributed by atoms with E-state index in [0.29, 0.717) is 24.5 Å². The SMILES string of the molecule is CCOC(=O)NC(CNC(=NC)NCC1(CC)CCC1)C1CC1. The number of guanidine groups is 1. The number of nitrogens with one attached hydrogen (secondary N) is 3. The summed E-state index contributed by atoms with van der Waals surface area (Å²) in [5.41, 5.74) is 0.455. The summed E-state index contributed by atoms with van der Waals surface area (Å²) in [4.78, 5) is 15.9. The van der Waals surface area contributed by atoms with Gasteiger partial charge in [-0.25, -0.2) is 4.79 Å². The highest BCUT2D eigenvalue weighted by atomic mass is 16.5. The molecule has 2 rings (SSSR count). The number of ether oxygens (including phenoxy) is 1. The summed E-state index contributed by atoms with van der Waals surface area (Å²) in [5.74, 6) is 1.37. The first-order valence-corrected chi connectivity index (χ1v) is 9.00. The van der Waals surface area contributed by atoms with Gasteiger partial charge in [0.05, 0.1) is 12.6 Å². The first-order valence-electron chi connectivity index (χ1n) is 9.00. The minimum atomic E-state index is -0.325. The first kappa shape index (κ1) is 17.9. The van der Waals surface area contributed by atoms with Gasteiger partial charge in [0.2, 0.25) is 0 Å². The van der Waals surface area contributed by atoms with E-state index in [2.05, 4.69) is 27.9 Å². The van der Waals surface area contributed by atoms with Crippen LogP contribution in [-0.2, 0) is 4.74 Å². The molecule has 2 saturated carbocycles. The third-order valence-electron chi connectivity index (χ3n) is 5.28. The van der Waals surface area contributed by atoms with Crippen molar-refractivity contribution < 1.29 is 9.53 Å². The fraction of sp³-hybridized carbons (Fsp3) is 0.882. The molecule has 0 saturated heterocycles. The fourth-order valence-corrected chi connectivity index (χ4v) is 3.19. The van der Waals surface area contributed by atoms with Gasteiger partial charge < -0.3 is 20.7 Å². The van der Waals surface area contributed by atoms with E-state index in [0.717, 1.165) is 12.5 Å². The lowest BCUT2D eigenvalue weighted by molar-refractivity contribution is 0.131. The van der Waals surface area contributed by atoms with Crippen molar-refractivity contribution in [3.63, 3.8) is 0 Å². The lowest BCUT2D eigenvalue weighted by Gasteiger charge is -2.41. The molecule has 0 bridgehead atoms. The maximum absolute atomic E-state index is 11.6. The molecule has 1 atom stereocenters. The number of alkyl carbamates (subject to hydrolysis) is 1. The third-order valence-corrected chi connectivity index (χ3v) is 5.28. The average molecular weight is 324 g/mol. The smallest absolute Gasteiger partial charge is 0.407 e. The number of amides is 1. The highest BCUT2D eigenvalue weighted by Gasteiger charge is 2.35. The van der Waals surface area contributed by atoms with Gasteiger partial charge in [0.15, 0.2) is 5.96 Å². The number of nitrogens with zero attached hydrogens (tertiary/aromatic N) is 1. The van der Waals surface area contributed by atoms with Crippen molar-refractivity contribution in [1.82, 2.24) is 16.0 Å². The van der Waals surface area contributed by atoms with Gasteiger partial charge in [-0.3, -0.25) is 4.99 Å². The van der Waals surface area contributed by atoms with Crippen molar-refractivity contribution in [2.24, 2.45) is 16.3 Å². The highest BCUT2D eigenvalue weighted by Crippen LogP contribution is 2.43. The van der Waals surface area contributed by atoms with Crippen LogP contribution in [-0.4, -0.2) is 44.8 Å². The second-order valence-corrected chi connectivity index (χ2v) is 6.82. The molecule has 0 aromatic heterocycles. The first-order chi connectivity index (χ1) is 11.1. The number of rotatable bonds is 8. The zero-order chi connectivity index (χ0) is 16.7. The summed E-state index contributed by atoms with van der Waals surface area (Å²) in [7, 11) is 1.79. The molecule has 0 aromatic carbocycles. The number of aliphatic imine (C=N–C) groups is 1. The minimum absolute atomic E-state index is 0.108. The Bertz CT molecular complexity index is 411. The molecule has 6 nitrogen and oxygen atoms in total. The molecule has 0 radical (unpaired) electrons. The summed E-state index contributed by atoms with van der Waals surface area (Å²) in [6.07, 6.45) is 7.19. The molecule has 0 spiro atoms. The molecule has 1 unspecified atom stereocenters. The Labute approximate surface area is 139 Å². The number of hydrogen-bond acceptors (Lipinski definition) is 3. The van der Waals surface area contributed by atoms with Crippen molar-refractivity contribution >= 4 is 12.1 Å². The molecule has 2 aliphatic rings. The second kappa shape index (κ2) is 8.41. The molecule has 23 heavy (non-hydrogen) atoms. The molecular weight excluding hydrogens is 292 g/mol. The fourth-order valence-electron chi connectivity index (χ4n) is 3.19. The van der Waals surface area contributed by atoms with Gasteiger partial charge in [0.25, 0.3) is 0 Å². The zero-order valence-electron chi connectivity index (χ0n) is 14.8. The van der Waals surface area contributed by atoms with Crippen LogP contribution in [0.25, 0.3) is 0 Å². The van der Waals surface area contributed by atoms with Crippen LogP contribution >= 0.6 is 0 Å². The molecule has 0 aliphatic heterocycles. The predicted molar refractivity (Wildman–Crippen MR) is 92.6 cm³/mol. The lowest BCUT2D eigenvalue weighted by Crippen LogP contribution is -2.50.